The first-order valence-corrected chi connectivity index (χ1v) is 8.06. The van der Waals surface area contributed by atoms with Crippen LogP contribution in [-0.4, -0.2) is 31.4 Å². The van der Waals surface area contributed by atoms with Crippen molar-refractivity contribution >= 4 is 27.3 Å². The van der Waals surface area contributed by atoms with E-state index in [4.69, 9.17) is 27.5 Å². The van der Waals surface area contributed by atoms with Crippen molar-refractivity contribution in [1.29, 1.82) is 5.41 Å². The van der Waals surface area contributed by atoms with Crippen LogP contribution in [0.4, 0.5) is 0 Å². The first kappa shape index (κ1) is 16.8. The normalized spacial score (nSPS) is 12.2. The highest BCUT2D eigenvalue weighted by atomic mass is 35.5. The van der Waals surface area contributed by atoms with E-state index >= 15 is 0 Å². The van der Waals surface area contributed by atoms with E-state index in [0.29, 0.717) is 16.3 Å². The zero-order valence-electron chi connectivity index (χ0n) is 11.7. The van der Waals surface area contributed by atoms with E-state index in [1.54, 1.807) is 32.9 Å². The Hall–Kier alpha value is -1.27. The largest absolute Gasteiger partial charge is 0.492 e. The number of nitrogen functional groups attached to an aromatic ring is 1. The molecule has 0 bridgehead atoms. The highest BCUT2D eigenvalue weighted by molar-refractivity contribution is 7.92. The average Bonchev–Trinajstić information content (AvgIpc) is 2.26. The molecule has 0 radical (unpaired) electrons. The van der Waals surface area contributed by atoms with Gasteiger partial charge in [0.15, 0.2) is 9.84 Å². The summed E-state index contributed by atoms with van der Waals surface area (Å²) in [5.41, 5.74) is 5.77. The van der Waals surface area contributed by atoms with Gasteiger partial charge in [-0.25, -0.2) is 8.42 Å². The van der Waals surface area contributed by atoms with Gasteiger partial charge in [-0.15, -0.1) is 0 Å². The lowest BCUT2D eigenvalue weighted by Crippen LogP contribution is -2.32. The van der Waals surface area contributed by atoms with Crippen LogP contribution < -0.4 is 10.5 Å². The molecule has 0 aliphatic rings. The van der Waals surface area contributed by atoms with Crippen molar-refractivity contribution in [2.75, 3.05) is 12.4 Å². The molecule has 3 N–H and O–H groups in total. The molecular weight excluding hydrogens is 300 g/mol. The lowest BCUT2D eigenvalue weighted by Gasteiger charge is -2.19. The number of hydrogen-bond acceptors (Lipinski definition) is 4. The molecule has 0 aliphatic carbocycles. The van der Waals surface area contributed by atoms with Crippen molar-refractivity contribution in [3.8, 4) is 5.75 Å². The van der Waals surface area contributed by atoms with E-state index in [-0.39, 0.29) is 18.2 Å². The third-order valence-corrected chi connectivity index (χ3v) is 5.67. The Morgan fingerprint density at radius 3 is 2.45 bits per heavy atom. The number of nitrogens with two attached hydrogens (primary N) is 1. The fraction of sp³-hybridized carbons (Fsp3) is 0.462. The maximum absolute atomic E-state index is 11.9. The van der Waals surface area contributed by atoms with Crippen molar-refractivity contribution in [3.63, 3.8) is 0 Å². The van der Waals surface area contributed by atoms with Crippen LogP contribution in [0.3, 0.4) is 0 Å². The second kappa shape index (κ2) is 6.01. The van der Waals surface area contributed by atoms with Crippen molar-refractivity contribution in [2.45, 2.75) is 25.5 Å². The first-order valence-electron chi connectivity index (χ1n) is 6.03. The summed E-state index contributed by atoms with van der Waals surface area (Å²) in [6, 6.07) is 4.69. The lowest BCUT2D eigenvalue weighted by molar-refractivity contribution is 0.340. The molecule has 0 spiro atoms. The summed E-state index contributed by atoms with van der Waals surface area (Å²) in [6.45, 7) is 5.01. The number of nitrogens with one attached hydrogen (secondary N) is 1. The summed E-state index contributed by atoms with van der Waals surface area (Å²) in [4.78, 5) is 0. The number of benzene rings is 1. The van der Waals surface area contributed by atoms with Crippen LogP contribution in [0.5, 0.6) is 5.75 Å². The van der Waals surface area contributed by atoms with E-state index in [1.165, 1.54) is 6.07 Å². The summed E-state index contributed by atoms with van der Waals surface area (Å²) in [5.74, 6) is 0.253. The fourth-order valence-electron chi connectivity index (χ4n) is 1.38. The van der Waals surface area contributed by atoms with Crippen LogP contribution in [0.1, 0.15) is 26.3 Å². The summed E-state index contributed by atoms with van der Waals surface area (Å²) in [6.07, 6.45) is 0. The standard InChI is InChI=1S/C13H19ClN2O3S/c1-13(2,3)20(17,18)7-6-19-9-4-5-10(12(15)16)11(14)8-9/h4-5,8H,6-7H2,1-3H3,(H3,15,16). The van der Waals surface area contributed by atoms with Crippen LogP contribution in [0, 0.1) is 5.41 Å². The minimum Gasteiger partial charge on any atom is -0.492 e. The molecule has 0 unspecified atom stereocenters. The minimum absolute atomic E-state index is 0.0509. The summed E-state index contributed by atoms with van der Waals surface area (Å²) < 4.78 is 28.4. The van der Waals surface area contributed by atoms with Crippen molar-refractivity contribution in [3.05, 3.63) is 28.8 Å². The molecule has 7 heteroatoms. The van der Waals surface area contributed by atoms with Crippen LogP contribution in [-0.2, 0) is 9.84 Å². The first-order chi connectivity index (χ1) is 9.04. The maximum atomic E-state index is 11.9. The topological polar surface area (TPSA) is 93.2 Å². The third kappa shape index (κ3) is 4.11. The Morgan fingerprint density at radius 2 is 2.00 bits per heavy atom. The Kier molecular flexibility index (Phi) is 5.05. The summed E-state index contributed by atoms with van der Waals surface area (Å²) in [5, 5.41) is 7.61. The van der Waals surface area contributed by atoms with Gasteiger partial charge in [0, 0.05) is 5.56 Å². The van der Waals surface area contributed by atoms with Crippen LogP contribution in [0.15, 0.2) is 18.2 Å². The molecule has 0 fully saturated rings. The third-order valence-electron chi connectivity index (χ3n) is 2.78. The zero-order valence-corrected chi connectivity index (χ0v) is 13.3. The Balaban J connectivity index is 2.69. The minimum atomic E-state index is -3.21. The molecule has 0 amide bonds. The molecule has 0 heterocycles. The van der Waals surface area contributed by atoms with Crippen molar-refractivity contribution in [1.82, 2.24) is 0 Å². The molecule has 112 valence electrons. The lowest BCUT2D eigenvalue weighted by atomic mass is 10.2. The van der Waals surface area contributed by atoms with Gasteiger partial charge in [-0.2, -0.15) is 0 Å². The predicted molar refractivity (Wildman–Crippen MR) is 81.5 cm³/mol. The SMILES string of the molecule is CC(C)(C)S(=O)(=O)CCOc1ccc(C(=N)N)c(Cl)c1. The highest BCUT2D eigenvalue weighted by Gasteiger charge is 2.28. The van der Waals surface area contributed by atoms with E-state index < -0.39 is 14.6 Å². The highest BCUT2D eigenvalue weighted by Crippen LogP contribution is 2.22. The maximum Gasteiger partial charge on any atom is 0.158 e. The number of rotatable bonds is 5. The molecule has 1 aromatic carbocycles. The van der Waals surface area contributed by atoms with Gasteiger partial charge in [0.1, 0.15) is 18.2 Å². The second-order valence-corrected chi connectivity index (χ2v) is 8.60. The number of amidine groups is 1. The zero-order chi connectivity index (χ0) is 15.6. The quantitative estimate of drug-likeness (QED) is 0.643. The number of ether oxygens (including phenoxy) is 1. The number of hydrogen-bond donors (Lipinski definition) is 2. The molecule has 0 saturated heterocycles. The van der Waals surface area contributed by atoms with Gasteiger partial charge < -0.3 is 10.5 Å². The summed E-state index contributed by atoms with van der Waals surface area (Å²) in [7, 11) is -3.21. The number of halogens is 1. The van der Waals surface area contributed by atoms with E-state index in [9.17, 15) is 8.42 Å². The second-order valence-electron chi connectivity index (χ2n) is 5.34. The van der Waals surface area contributed by atoms with E-state index in [2.05, 4.69) is 0 Å². The monoisotopic (exact) mass is 318 g/mol. The van der Waals surface area contributed by atoms with Crippen molar-refractivity contribution < 1.29 is 13.2 Å². The molecule has 20 heavy (non-hydrogen) atoms. The average molecular weight is 319 g/mol. The molecule has 0 atom stereocenters. The Labute approximate surface area is 124 Å². The van der Waals surface area contributed by atoms with Crippen LogP contribution in [0.25, 0.3) is 0 Å². The van der Waals surface area contributed by atoms with Crippen LogP contribution in [0.2, 0.25) is 5.02 Å². The molecule has 0 aliphatic heterocycles. The Bertz CT molecular complexity index is 607. The summed E-state index contributed by atoms with van der Waals surface area (Å²) >= 11 is 5.95. The Morgan fingerprint density at radius 1 is 1.40 bits per heavy atom. The number of sulfone groups is 1. The van der Waals surface area contributed by atoms with Gasteiger partial charge in [0.25, 0.3) is 0 Å². The van der Waals surface area contributed by atoms with Gasteiger partial charge in [-0.3, -0.25) is 5.41 Å². The van der Waals surface area contributed by atoms with Gasteiger partial charge >= 0.3 is 0 Å². The molecular formula is C13H19ClN2O3S. The smallest absolute Gasteiger partial charge is 0.158 e. The van der Waals surface area contributed by atoms with Crippen molar-refractivity contribution in [2.24, 2.45) is 5.73 Å². The molecule has 1 aromatic rings. The van der Waals surface area contributed by atoms with E-state index in [1.807, 2.05) is 0 Å². The van der Waals surface area contributed by atoms with Gasteiger partial charge in [-0.1, -0.05) is 11.6 Å². The van der Waals surface area contributed by atoms with Gasteiger partial charge in [-0.05, 0) is 39.0 Å². The fourth-order valence-corrected chi connectivity index (χ4v) is 2.57. The molecule has 0 aromatic heterocycles. The molecule has 1 rings (SSSR count). The van der Waals surface area contributed by atoms with Gasteiger partial charge in [0.05, 0.1) is 15.5 Å². The molecule has 0 saturated carbocycles. The van der Waals surface area contributed by atoms with E-state index in [0.717, 1.165) is 0 Å². The van der Waals surface area contributed by atoms with Gasteiger partial charge in [0.2, 0.25) is 0 Å². The molecule has 5 nitrogen and oxygen atoms in total. The van der Waals surface area contributed by atoms with Crippen LogP contribution >= 0.6 is 11.6 Å². The predicted octanol–water partition coefficient (Wildman–Crippen LogP) is 2.22.